The van der Waals surface area contributed by atoms with E-state index in [9.17, 15) is 13.2 Å². The third-order valence-electron chi connectivity index (χ3n) is 5.86. The van der Waals surface area contributed by atoms with Crippen molar-refractivity contribution in [1.29, 1.82) is 0 Å². The van der Waals surface area contributed by atoms with Crippen LogP contribution in [0.3, 0.4) is 0 Å². The van der Waals surface area contributed by atoms with E-state index in [4.69, 9.17) is 0 Å². The molecule has 1 aliphatic rings. The Morgan fingerprint density at radius 3 is 2.40 bits per heavy atom. The monoisotopic (exact) mass is 428 g/mol. The zero-order valence-electron chi connectivity index (χ0n) is 18.1. The van der Waals surface area contributed by atoms with Crippen LogP contribution in [0.4, 0.5) is 5.69 Å². The molecule has 0 unspecified atom stereocenters. The molecule has 30 heavy (non-hydrogen) atoms. The predicted molar refractivity (Wildman–Crippen MR) is 121 cm³/mol. The van der Waals surface area contributed by atoms with Crippen LogP contribution in [0, 0.1) is 12.8 Å². The van der Waals surface area contributed by atoms with Crippen LogP contribution in [0.2, 0.25) is 0 Å². The highest BCUT2D eigenvalue weighted by Gasteiger charge is 2.28. The van der Waals surface area contributed by atoms with Gasteiger partial charge in [-0.05, 0) is 73.9 Å². The van der Waals surface area contributed by atoms with Crippen molar-refractivity contribution in [3.63, 3.8) is 0 Å². The smallest absolute Gasteiger partial charge is 0.255 e. The van der Waals surface area contributed by atoms with Crippen LogP contribution in [0.25, 0.3) is 0 Å². The van der Waals surface area contributed by atoms with Crippen molar-refractivity contribution in [2.75, 3.05) is 18.4 Å². The van der Waals surface area contributed by atoms with Crippen LogP contribution >= 0.6 is 0 Å². The molecule has 2 aromatic carbocycles. The van der Waals surface area contributed by atoms with Crippen LogP contribution in [-0.4, -0.2) is 31.7 Å². The summed E-state index contributed by atoms with van der Waals surface area (Å²) in [4.78, 5) is 13.1. The molecule has 1 saturated heterocycles. The average molecular weight is 429 g/mol. The molecule has 0 aliphatic carbocycles. The molecular weight excluding hydrogens is 396 g/mol. The summed E-state index contributed by atoms with van der Waals surface area (Å²) < 4.78 is 27.6. The van der Waals surface area contributed by atoms with Gasteiger partial charge >= 0.3 is 0 Å². The molecule has 0 aromatic heterocycles. The Balaban J connectivity index is 1.76. The van der Waals surface area contributed by atoms with E-state index >= 15 is 0 Å². The topological polar surface area (TPSA) is 66.5 Å². The van der Waals surface area contributed by atoms with Crippen LogP contribution < -0.4 is 5.32 Å². The second-order valence-corrected chi connectivity index (χ2v) is 10.3. The molecule has 162 valence electrons. The van der Waals surface area contributed by atoms with Crippen LogP contribution in [0.15, 0.2) is 47.4 Å². The highest BCUT2D eigenvalue weighted by Crippen LogP contribution is 2.25. The van der Waals surface area contributed by atoms with Crippen molar-refractivity contribution in [3.8, 4) is 0 Å². The fraction of sp³-hybridized carbons (Fsp3) is 0.458. The summed E-state index contributed by atoms with van der Waals surface area (Å²) in [5.41, 5.74) is 3.09. The molecular formula is C24H32N2O3S. The number of carbonyl (C=O) groups excluding carboxylic acids is 1. The summed E-state index contributed by atoms with van der Waals surface area (Å²) in [6.07, 6.45) is 5.05. The van der Waals surface area contributed by atoms with Gasteiger partial charge in [-0.15, -0.1) is 0 Å². The van der Waals surface area contributed by atoms with Gasteiger partial charge in [-0.2, -0.15) is 4.31 Å². The van der Waals surface area contributed by atoms with Crippen LogP contribution in [0.1, 0.15) is 61.0 Å². The first-order chi connectivity index (χ1) is 14.3. The van der Waals surface area contributed by atoms with Gasteiger partial charge in [0.1, 0.15) is 0 Å². The minimum absolute atomic E-state index is 0.183. The highest BCUT2D eigenvalue weighted by atomic mass is 32.2. The number of unbranched alkanes of at least 4 members (excludes halogenated alkanes) is 1. The summed E-state index contributed by atoms with van der Waals surface area (Å²) in [7, 11) is -3.59. The maximum Gasteiger partial charge on any atom is 0.255 e. The summed E-state index contributed by atoms with van der Waals surface area (Å²) in [5.74, 6) is 0.252. The molecule has 1 amide bonds. The number of hydrogen-bond acceptors (Lipinski definition) is 3. The molecule has 0 atom stereocenters. The minimum Gasteiger partial charge on any atom is -0.322 e. The van der Waals surface area contributed by atoms with Gasteiger partial charge in [0, 0.05) is 24.3 Å². The van der Waals surface area contributed by atoms with E-state index in [1.54, 1.807) is 12.1 Å². The highest BCUT2D eigenvalue weighted by molar-refractivity contribution is 7.89. The van der Waals surface area contributed by atoms with Crippen molar-refractivity contribution in [1.82, 2.24) is 4.31 Å². The van der Waals surface area contributed by atoms with Crippen molar-refractivity contribution >= 4 is 21.6 Å². The zero-order valence-corrected chi connectivity index (χ0v) is 19.0. The number of rotatable bonds is 7. The Morgan fingerprint density at radius 2 is 1.77 bits per heavy atom. The third kappa shape index (κ3) is 5.29. The number of nitrogens with one attached hydrogen (secondary N) is 1. The third-order valence-corrected chi connectivity index (χ3v) is 7.76. The van der Waals surface area contributed by atoms with Crippen LogP contribution in [-0.2, 0) is 16.4 Å². The Labute approximate surface area is 180 Å². The minimum atomic E-state index is -3.59. The summed E-state index contributed by atoms with van der Waals surface area (Å²) in [5, 5.41) is 2.90. The summed E-state index contributed by atoms with van der Waals surface area (Å²) in [6, 6.07) is 12.7. The molecule has 0 saturated carbocycles. The van der Waals surface area contributed by atoms with Crippen molar-refractivity contribution in [2.24, 2.45) is 5.92 Å². The van der Waals surface area contributed by atoms with Crippen molar-refractivity contribution in [3.05, 3.63) is 59.2 Å². The van der Waals surface area contributed by atoms with E-state index in [0.29, 0.717) is 30.3 Å². The number of hydrogen-bond donors (Lipinski definition) is 1. The van der Waals surface area contributed by atoms with E-state index in [2.05, 4.69) is 19.2 Å². The van der Waals surface area contributed by atoms with Gasteiger partial charge in [0.15, 0.2) is 0 Å². The van der Waals surface area contributed by atoms with Gasteiger partial charge in [-0.1, -0.05) is 38.5 Å². The first-order valence-electron chi connectivity index (χ1n) is 10.8. The predicted octanol–water partition coefficient (Wildman–Crippen LogP) is 5.01. The normalized spacial score (nSPS) is 15.8. The van der Waals surface area contributed by atoms with E-state index in [0.717, 1.165) is 37.7 Å². The van der Waals surface area contributed by atoms with Gasteiger partial charge in [-0.3, -0.25) is 4.79 Å². The Hall–Kier alpha value is -2.18. The maximum absolute atomic E-state index is 13.1. The van der Waals surface area contributed by atoms with E-state index in [-0.39, 0.29) is 10.8 Å². The molecule has 5 nitrogen and oxygen atoms in total. The van der Waals surface area contributed by atoms with Crippen molar-refractivity contribution < 1.29 is 13.2 Å². The molecule has 6 heteroatoms. The average Bonchev–Trinajstić information content (AvgIpc) is 2.73. The van der Waals surface area contributed by atoms with Gasteiger partial charge in [0.25, 0.3) is 5.91 Å². The lowest BCUT2D eigenvalue weighted by molar-refractivity contribution is 0.102. The lowest BCUT2D eigenvalue weighted by Crippen LogP contribution is -2.38. The van der Waals surface area contributed by atoms with Gasteiger partial charge in [0.05, 0.1) is 4.90 Å². The molecule has 1 aliphatic heterocycles. The molecule has 1 N–H and O–H groups in total. The largest absolute Gasteiger partial charge is 0.322 e. The lowest BCUT2D eigenvalue weighted by Gasteiger charge is -2.29. The number of nitrogens with zero attached hydrogens (tertiary/aromatic N) is 1. The van der Waals surface area contributed by atoms with Gasteiger partial charge in [0.2, 0.25) is 10.0 Å². The Kier molecular flexibility index (Phi) is 7.32. The fourth-order valence-corrected chi connectivity index (χ4v) is 5.21. The second kappa shape index (κ2) is 9.75. The Bertz CT molecular complexity index is 976. The fourth-order valence-electron chi connectivity index (χ4n) is 3.71. The van der Waals surface area contributed by atoms with Crippen LogP contribution in [0.5, 0.6) is 0 Å². The lowest BCUT2D eigenvalue weighted by atomic mass is 10.0. The molecule has 0 spiro atoms. The number of benzene rings is 2. The van der Waals surface area contributed by atoms with E-state index < -0.39 is 10.0 Å². The van der Waals surface area contributed by atoms with E-state index in [1.165, 1.54) is 15.9 Å². The van der Waals surface area contributed by atoms with Gasteiger partial charge in [-0.25, -0.2) is 8.42 Å². The molecule has 1 fully saturated rings. The zero-order chi connectivity index (χ0) is 21.7. The first kappa shape index (κ1) is 22.5. The summed E-state index contributed by atoms with van der Waals surface area (Å²) in [6.45, 7) is 7.19. The summed E-state index contributed by atoms with van der Waals surface area (Å²) >= 11 is 0. The molecule has 0 radical (unpaired) electrons. The number of aryl methyl sites for hydroxylation is 2. The number of amides is 1. The second-order valence-electron chi connectivity index (χ2n) is 8.32. The van der Waals surface area contributed by atoms with Gasteiger partial charge < -0.3 is 5.32 Å². The van der Waals surface area contributed by atoms with E-state index in [1.807, 2.05) is 31.2 Å². The number of anilines is 1. The van der Waals surface area contributed by atoms with Crippen molar-refractivity contribution in [2.45, 2.75) is 57.8 Å². The Morgan fingerprint density at radius 1 is 1.10 bits per heavy atom. The molecule has 0 bridgehead atoms. The maximum atomic E-state index is 13.1. The quantitative estimate of drug-likeness (QED) is 0.674. The number of piperidine rings is 1. The molecule has 3 rings (SSSR count). The molecule has 1 heterocycles. The standard InChI is InChI=1S/C24H32N2O3S/c1-4-5-6-20-8-10-21(11-9-20)25-24(27)23-17-22(12-7-19(23)3)30(28,29)26-15-13-18(2)14-16-26/h7-12,17-18H,4-6,13-16H2,1-3H3,(H,25,27). The SMILES string of the molecule is CCCCc1ccc(NC(=O)c2cc(S(=O)(=O)N3CCC(C)CC3)ccc2C)cc1. The number of sulfonamides is 1. The molecule has 2 aromatic rings. The first-order valence-corrected chi connectivity index (χ1v) is 12.3. The number of carbonyl (C=O) groups is 1.